The molecule has 0 unspecified atom stereocenters. The topological polar surface area (TPSA) is 51.8 Å². The van der Waals surface area contributed by atoms with Gasteiger partial charge in [-0.25, -0.2) is 15.0 Å². The van der Waals surface area contributed by atoms with Gasteiger partial charge in [0.15, 0.2) is 17.5 Å². The first-order valence-electron chi connectivity index (χ1n) is 18.7. The third-order valence-electron chi connectivity index (χ3n) is 12.5. The first-order valence-corrected chi connectivity index (χ1v) is 19.5. The fraction of sp³-hybridized carbons (Fsp3) is 0. The van der Waals surface area contributed by atoms with E-state index in [0.717, 1.165) is 44.2 Å². The summed E-state index contributed by atoms with van der Waals surface area (Å²) in [6.45, 7) is 0. The molecule has 0 amide bonds. The van der Waals surface area contributed by atoms with Crippen molar-refractivity contribution in [3.05, 3.63) is 78.9 Å². The third-order valence-corrected chi connectivity index (χ3v) is 13.8. The molecule has 0 radical (unpaired) electrons. The highest BCUT2D eigenvalue weighted by Crippen LogP contribution is 2.42. The van der Waals surface area contributed by atoms with Crippen molar-refractivity contribution in [2.75, 3.05) is 0 Å². The van der Waals surface area contributed by atoms with Crippen LogP contribution in [0.25, 0.3) is 87.4 Å². The Morgan fingerprint density at radius 2 is 0.944 bits per heavy atom. The van der Waals surface area contributed by atoms with Crippen molar-refractivity contribution in [2.24, 2.45) is 0 Å². The lowest BCUT2D eigenvalue weighted by Gasteiger charge is -2.22. The molecule has 4 nitrogen and oxygen atoms in total. The molecule has 54 heavy (non-hydrogen) atoms. The van der Waals surface area contributed by atoms with Gasteiger partial charge in [0.2, 0.25) is 0 Å². The Labute approximate surface area is 328 Å². The fourth-order valence-corrected chi connectivity index (χ4v) is 9.78. The highest BCUT2D eigenvalue weighted by atomic mass is 32.1. The number of rotatable bonds is 4. The molecule has 0 aliphatic carbocycles. The van der Waals surface area contributed by atoms with E-state index in [1.54, 1.807) is 0 Å². The van der Waals surface area contributed by atoms with Gasteiger partial charge in [-0.15, -0.1) is 44.1 Å². The van der Waals surface area contributed by atoms with Crippen molar-refractivity contribution in [1.29, 1.82) is 0 Å². The average molecular weight is 700 g/mol. The summed E-state index contributed by atoms with van der Waals surface area (Å²) in [5.41, 5.74) is 19.7. The summed E-state index contributed by atoms with van der Waals surface area (Å²) in [5.74, 6) is 2.05. The molecule has 9 aromatic rings. The van der Waals surface area contributed by atoms with E-state index in [-0.39, 0.29) is 0 Å². The largest absolute Gasteiger partial charge is 0.456 e. The average Bonchev–Trinajstić information content (AvgIpc) is 3.76. The van der Waals surface area contributed by atoms with Crippen LogP contribution in [0.1, 0.15) is 0 Å². The molecule has 0 spiro atoms. The number of thiophene rings is 1. The molecule has 0 fully saturated rings. The van der Waals surface area contributed by atoms with Gasteiger partial charge in [-0.3, -0.25) is 0 Å². The number of nitrogens with zero attached hydrogens (tertiary/aromatic N) is 3. The van der Waals surface area contributed by atoms with Gasteiger partial charge < -0.3 is 4.42 Å². The highest BCUT2D eigenvalue weighted by molar-refractivity contribution is 7.26. The minimum atomic E-state index is 0.645. The zero-order valence-electron chi connectivity index (χ0n) is 32.7. The van der Waals surface area contributed by atoms with Crippen LogP contribution < -0.4 is 54.6 Å². The summed E-state index contributed by atoms with van der Waals surface area (Å²) in [6.07, 6.45) is 0. The van der Waals surface area contributed by atoms with E-state index >= 15 is 0 Å². The maximum atomic E-state index is 6.68. The van der Waals surface area contributed by atoms with Crippen LogP contribution >= 0.6 is 11.3 Å². The molecule has 0 bridgehead atoms. The fourth-order valence-electron chi connectivity index (χ4n) is 8.54. The second-order valence-electron chi connectivity index (χ2n) is 15.1. The molecule has 0 atom stereocenters. The lowest BCUT2D eigenvalue weighted by atomic mass is 9.60. The molecule has 3 heterocycles. The molecule has 3 aromatic heterocycles. The van der Waals surface area contributed by atoms with Crippen molar-refractivity contribution < 1.29 is 4.42 Å². The molecule has 0 aliphatic heterocycles. The van der Waals surface area contributed by atoms with Crippen LogP contribution in [0.5, 0.6) is 0 Å². The highest BCUT2D eigenvalue weighted by Gasteiger charge is 2.23. The van der Waals surface area contributed by atoms with Gasteiger partial charge in [0, 0.05) is 47.6 Å². The summed E-state index contributed by atoms with van der Waals surface area (Å²) >= 11 is 1.85. The molecule has 15 heteroatoms. The number of benzene rings is 6. The van der Waals surface area contributed by atoms with Crippen LogP contribution in [0.15, 0.2) is 83.3 Å². The van der Waals surface area contributed by atoms with E-state index in [9.17, 15) is 0 Å². The number of aromatic nitrogens is 3. The second-order valence-corrected chi connectivity index (χ2v) is 16.1. The summed E-state index contributed by atoms with van der Waals surface area (Å²) in [6, 6.07) is 28.1. The van der Waals surface area contributed by atoms with Gasteiger partial charge >= 0.3 is 0 Å². The number of hydrogen-bond acceptors (Lipinski definition) is 5. The minimum Gasteiger partial charge on any atom is -0.456 e. The van der Waals surface area contributed by atoms with Crippen LogP contribution in [0.4, 0.5) is 0 Å². The van der Waals surface area contributed by atoms with Gasteiger partial charge in [-0.05, 0) is 35.4 Å². The molecule has 9 rings (SSSR count). The van der Waals surface area contributed by atoms with Crippen LogP contribution in [0.3, 0.4) is 0 Å². The zero-order valence-corrected chi connectivity index (χ0v) is 33.5. The number of furan rings is 1. The predicted molar refractivity (Wildman–Crippen MR) is 264 cm³/mol. The number of fused-ring (bicyclic) bond motifs is 6. The summed E-state index contributed by atoms with van der Waals surface area (Å²) < 4.78 is 9.27. The smallest absolute Gasteiger partial charge is 0.164 e. The Morgan fingerprint density at radius 3 is 1.57 bits per heavy atom. The van der Waals surface area contributed by atoms with Crippen molar-refractivity contribution in [2.45, 2.75) is 0 Å². The van der Waals surface area contributed by atoms with E-state index < -0.39 is 0 Å². The molecule has 0 N–H and O–H groups in total. The monoisotopic (exact) mass is 701 g/mol. The van der Waals surface area contributed by atoms with Crippen molar-refractivity contribution >= 4 is 187 Å². The van der Waals surface area contributed by atoms with E-state index in [1.807, 2.05) is 11.3 Å². The number of hydrogen-bond donors (Lipinski definition) is 0. The van der Waals surface area contributed by atoms with E-state index in [0.29, 0.717) is 17.5 Å². The van der Waals surface area contributed by atoms with Crippen LogP contribution in [-0.4, -0.2) is 93.4 Å². The Bertz CT molecular complexity index is 2940. The predicted octanol–water partition coefficient (Wildman–Crippen LogP) is -6.61. The zero-order chi connectivity index (χ0) is 37.7. The molecular weight excluding hydrogens is 667 g/mol. The van der Waals surface area contributed by atoms with Crippen molar-refractivity contribution in [3.63, 3.8) is 0 Å². The Hall–Kier alpha value is -5.00. The SMILES string of the molecule is Bc1c(B)c(B)c(-c2nc(-c3c(B)c(B)c(B)c(B)c3B)nc(-c3cccc4oc5cc(-c6cccc7c6sc6ccccc67)ccc5c34)n2)c(B)c1B. The standard InChI is InChI=1S/C39H33B10N3OS/c40-26-24(27(41)31(45)34(48)30(26)44)38-50-37(51-39(52-38)25-28(42)32(46)35(49)33(47)29(25)43)19-8-4-9-20-23(19)18-12-11-14(13-21(18)53-20)15-6-3-7-17-16-5-1-2-10-22(16)54-36(15)17/h1-13H,40-49H2. The Balaban J connectivity index is 1.30. The van der Waals surface area contributed by atoms with Crippen LogP contribution in [-0.2, 0) is 0 Å². The quantitative estimate of drug-likeness (QED) is 0.172. The minimum absolute atomic E-state index is 0.645. The van der Waals surface area contributed by atoms with Gasteiger partial charge in [0.05, 0.1) is 0 Å². The Kier molecular flexibility index (Phi) is 8.24. The van der Waals surface area contributed by atoms with Gasteiger partial charge in [0.1, 0.15) is 89.6 Å². The van der Waals surface area contributed by atoms with Gasteiger partial charge in [-0.2, -0.15) is 0 Å². The van der Waals surface area contributed by atoms with E-state index in [4.69, 9.17) is 19.4 Å². The molecule has 0 aliphatic rings. The molecule has 0 saturated heterocycles. The molecule has 0 saturated carbocycles. The van der Waals surface area contributed by atoms with E-state index in [2.05, 4.69) is 157 Å². The van der Waals surface area contributed by atoms with Crippen molar-refractivity contribution in [3.8, 4) is 45.3 Å². The van der Waals surface area contributed by atoms with Crippen LogP contribution in [0.2, 0.25) is 0 Å². The molecular formula is C39H33B10N3OS. The lowest BCUT2D eigenvalue weighted by molar-refractivity contribution is 0.669. The maximum absolute atomic E-state index is 6.68. The maximum Gasteiger partial charge on any atom is 0.164 e. The second kappa shape index (κ2) is 12.8. The lowest BCUT2D eigenvalue weighted by Crippen LogP contribution is -2.55. The summed E-state index contributed by atoms with van der Waals surface area (Å²) in [4.78, 5) is 16.0. The molecule has 246 valence electrons. The van der Waals surface area contributed by atoms with Crippen LogP contribution in [0, 0.1) is 0 Å². The van der Waals surface area contributed by atoms with Gasteiger partial charge in [-0.1, -0.05) is 76.4 Å². The normalized spacial score (nSPS) is 11.7. The van der Waals surface area contributed by atoms with Gasteiger partial charge in [0.25, 0.3) is 0 Å². The Morgan fingerprint density at radius 1 is 0.426 bits per heavy atom. The first kappa shape index (κ1) is 34.7. The summed E-state index contributed by atoms with van der Waals surface area (Å²) in [7, 11) is 22.0. The summed E-state index contributed by atoms with van der Waals surface area (Å²) in [5, 5.41) is 4.64. The molecule has 6 aromatic carbocycles. The first-order chi connectivity index (χ1) is 25.9. The van der Waals surface area contributed by atoms with Crippen molar-refractivity contribution in [1.82, 2.24) is 15.0 Å². The van der Waals surface area contributed by atoms with E-state index in [1.165, 1.54) is 80.4 Å². The third kappa shape index (κ3) is 5.15.